The monoisotopic (exact) mass is 290 g/mol. The van der Waals surface area contributed by atoms with Gasteiger partial charge in [-0.15, -0.1) is 0 Å². The normalized spacial score (nSPS) is 10.6. The van der Waals surface area contributed by atoms with E-state index in [0.717, 1.165) is 16.8 Å². The van der Waals surface area contributed by atoms with Crippen molar-refractivity contribution in [3.8, 4) is 5.69 Å². The van der Waals surface area contributed by atoms with Gasteiger partial charge >= 0.3 is 0 Å². The van der Waals surface area contributed by atoms with Crippen molar-refractivity contribution in [2.75, 3.05) is 0 Å². The van der Waals surface area contributed by atoms with Crippen LogP contribution in [0.25, 0.3) is 5.69 Å². The summed E-state index contributed by atoms with van der Waals surface area (Å²) >= 11 is 5.35. The molecule has 2 aromatic rings. The zero-order chi connectivity index (χ0) is 14.9. The van der Waals surface area contributed by atoms with Crippen LogP contribution in [0.1, 0.15) is 22.5 Å². The summed E-state index contributed by atoms with van der Waals surface area (Å²) in [5.74, 6) is 0. The molecule has 2 rings (SSSR count). The third-order valence-corrected chi connectivity index (χ3v) is 3.20. The van der Waals surface area contributed by atoms with Crippen LogP contribution < -0.4 is 5.43 Å². The first kappa shape index (κ1) is 14.5. The summed E-state index contributed by atoms with van der Waals surface area (Å²) in [5.41, 5.74) is 3.70. The van der Waals surface area contributed by atoms with Crippen LogP contribution in [0.2, 0.25) is 0 Å². The number of nitrogens with zero attached hydrogens (tertiary/aromatic N) is 2. The number of rotatable bonds is 3. The highest BCUT2D eigenvalue weighted by Gasteiger charge is 2.11. The lowest BCUT2D eigenvalue weighted by Crippen LogP contribution is -2.20. The molecule has 0 spiro atoms. The minimum absolute atomic E-state index is 0.161. The molecule has 0 unspecified atom stereocenters. The summed E-state index contributed by atoms with van der Waals surface area (Å²) in [6.07, 6.45) is -0.161. The van der Waals surface area contributed by atoms with Gasteiger partial charge in [0, 0.05) is 11.8 Å². The standard InChI is InChI=1S/C15H15ClN2O2/c1-9-4-5-13(10(2)6-9)18-11(3)7-14(19)12(17-18)8-15(16)20/h4-7H,8H2,1-3H3. The number of carbonyl (C=O) groups excluding carboxylic acids is 1. The molecular weight excluding hydrogens is 276 g/mol. The van der Waals surface area contributed by atoms with Crippen LogP contribution in [0.3, 0.4) is 0 Å². The molecule has 0 radical (unpaired) electrons. The number of hydrogen-bond acceptors (Lipinski definition) is 3. The van der Waals surface area contributed by atoms with Gasteiger partial charge in [-0.2, -0.15) is 5.10 Å². The lowest BCUT2D eigenvalue weighted by Gasteiger charge is -2.13. The van der Waals surface area contributed by atoms with E-state index in [9.17, 15) is 9.59 Å². The van der Waals surface area contributed by atoms with Gasteiger partial charge < -0.3 is 0 Å². The van der Waals surface area contributed by atoms with Crippen molar-refractivity contribution in [3.05, 3.63) is 57.0 Å². The molecule has 0 N–H and O–H groups in total. The van der Waals surface area contributed by atoms with Crippen molar-refractivity contribution < 1.29 is 4.79 Å². The number of aryl methyl sites for hydroxylation is 3. The molecule has 0 fully saturated rings. The van der Waals surface area contributed by atoms with E-state index in [1.54, 1.807) is 11.6 Å². The Hall–Kier alpha value is -1.94. The van der Waals surface area contributed by atoms with Crippen LogP contribution in [0.5, 0.6) is 0 Å². The van der Waals surface area contributed by atoms with Crippen LogP contribution in [-0.2, 0) is 11.2 Å². The van der Waals surface area contributed by atoms with Crippen LogP contribution in [0.4, 0.5) is 0 Å². The molecule has 0 saturated carbocycles. The van der Waals surface area contributed by atoms with E-state index in [-0.39, 0.29) is 17.5 Å². The van der Waals surface area contributed by atoms with E-state index in [2.05, 4.69) is 5.10 Å². The van der Waals surface area contributed by atoms with E-state index in [0.29, 0.717) is 5.69 Å². The molecule has 0 aliphatic carbocycles. The fourth-order valence-corrected chi connectivity index (χ4v) is 2.25. The maximum absolute atomic E-state index is 11.8. The molecule has 1 aromatic heterocycles. The van der Waals surface area contributed by atoms with Gasteiger partial charge in [-0.25, -0.2) is 4.68 Å². The first-order chi connectivity index (χ1) is 9.38. The average Bonchev–Trinajstić information content (AvgIpc) is 2.33. The van der Waals surface area contributed by atoms with Gasteiger partial charge in [0.1, 0.15) is 5.69 Å². The van der Waals surface area contributed by atoms with Gasteiger partial charge in [-0.1, -0.05) is 17.7 Å². The fourth-order valence-electron chi connectivity index (χ4n) is 2.12. The van der Waals surface area contributed by atoms with Crippen molar-refractivity contribution in [2.45, 2.75) is 27.2 Å². The highest BCUT2D eigenvalue weighted by molar-refractivity contribution is 6.63. The second-order valence-corrected chi connectivity index (χ2v) is 5.25. The van der Waals surface area contributed by atoms with E-state index >= 15 is 0 Å². The molecule has 1 heterocycles. The predicted octanol–water partition coefficient (Wildman–Crippen LogP) is 2.47. The van der Waals surface area contributed by atoms with E-state index in [1.807, 2.05) is 32.0 Å². The average molecular weight is 291 g/mol. The lowest BCUT2D eigenvalue weighted by atomic mass is 10.1. The largest absolute Gasteiger partial charge is 0.288 e. The molecule has 0 amide bonds. The number of aromatic nitrogens is 2. The first-order valence-electron chi connectivity index (χ1n) is 6.24. The van der Waals surface area contributed by atoms with Crippen molar-refractivity contribution in [3.63, 3.8) is 0 Å². The van der Waals surface area contributed by atoms with Crippen LogP contribution in [0.15, 0.2) is 29.1 Å². The van der Waals surface area contributed by atoms with Gasteiger partial charge in [-0.05, 0) is 44.0 Å². The molecule has 0 aliphatic heterocycles. The Kier molecular flexibility index (Phi) is 4.04. The summed E-state index contributed by atoms with van der Waals surface area (Å²) in [7, 11) is 0. The molecule has 4 nitrogen and oxygen atoms in total. The summed E-state index contributed by atoms with van der Waals surface area (Å²) in [6, 6.07) is 7.44. The van der Waals surface area contributed by atoms with Gasteiger partial charge in [0.25, 0.3) is 0 Å². The summed E-state index contributed by atoms with van der Waals surface area (Å²) in [4.78, 5) is 22.8. The molecule has 1 aromatic carbocycles. The van der Waals surface area contributed by atoms with Crippen LogP contribution in [0, 0.1) is 20.8 Å². The Balaban J connectivity index is 2.61. The summed E-state index contributed by atoms with van der Waals surface area (Å²) < 4.78 is 1.67. The third-order valence-electron chi connectivity index (χ3n) is 3.07. The van der Waals surface area contributed by atoms with Crippen molar-refractivity contribution in [2.24, 2.45) is 0 Å². The second kappa shape index (κ2) is 5.59. The molecule has 0 atom stereocenters. The number of carbonyl (C=O) groups is 1. The quantitative estimate of drug-likeness (QED) is 0.816. The predicted molar refractivity (Wildman–Crippen MR) is 78.6 cm³/mol. The smallest absolute Gasteiger partial charge is 0.227 e. The van der Waals surface area contributed by atoms with Crippen molar-refractivity contribution in [1.82, 2.24) is 9.78 Å². The Labute approximate surface area is 122 Å². The minimum atomic E-state index is -0.592. The molecule has 20 heavy (non-hydrogen) atoms. The SMILES string of the molecule is Cc1ccc(-n2nc(CC(=O)Cl)c(=O)cc2C)c(C)c1. The zero-order valence-electron chi connectivity index (χ0n) is 11.6. The molecule has 0 saturated heterocycles. The number of benzene rings is 1. The second-order valence-electron chi connectivity index (χ2n) is 4.83. The van der Waals surface area contributed by atoms with Gasteiger partial charge in [0.15, 0.2) is 0 Å². The number of hydrogen-bond donors (Lipinski definition) is 0. The van der Waals surface area contributed by atoms with E-state index in [4.69, 9.17) is 11.6 Å². The first-order valence-corrected chi connectivity index (χ1v) is 6.62. The van der Waals surface area contributed by atoms with Crippen LogP contribution in [-0.4, -0.2) is 15.0 Å². The fraction of sp³-hybridized carbons (Fsp3) is 0.267. The lowest BCUT2D eigenvalue weighted by molar-refractivity contribution is -0.111. The minimum Gasteiger partial charge on any atom is -0.288 e. The summed E-state index contributed by atoms with van der Waals surface area (Å²) in [5, 5.41) is 3.68. The molecule has 0 bridgehead atoms. The third kappa shape index (κ3) is 2.96. The maximum atomic E-state index is 11.8. The molecule has 0 aliphatic rings. The Morgan fingerprint density at radius 2 is 1.95 bits per heavy atom. The van der Waals surface area contributed by atoms with E-state index < -0.39 is 5.24 Å². The van der Waals surface area contributed by atoms with E-state index in [1.165, 1.54) is 6.07 Å². The Morgan fingerprint density at radius 3 is 2.55 bits per heavy atom. The maximum Gasteiger partial charge on any atom is 0.227 e. The zero-order valence-corrected chi connectivity index (χ0v) is 12.4. The van der Waals surface area contributed by atoms with Gasteiger partial charge in [0.05, 0.1) is 12.1 Å². The number of halogens is 1. The highest BCUT2D eigenvalue weighted by atomic mass is 35.5. The molecule has 5 heteroatoms. The summed E-state index contributed by atoms with van der Waals surface area (Å²) in [6.45, 7) is 5.80. The van der Waals surface area contributed by atoms with Crippen molar-refractivity contribution in [1.29, 1.82) is 0 Å². The Morgan fingerprint density at radius 1 is 1.25 bits per heavy atom. The van der Waals surface area contributed by atoms with Crippen molar-refractivity contribution >= 4 is 16.8 Å². The molecule has 104 valence electrons. The molecular formula is C15H15ClN2O2. The topological polar surface area (TPSA) is 52.0 Å². The Bertz CT molecular complexity index is 735. The highest BCUT2D eigenvalue weighted by Crippen LogP contribution is 2.16. The van der Waals surface area contributed by atoms with Gasteiger partial charge in [0.2, 0.25) is 10.7 Å². The van der Waals surface area contributed by atoms with Gasteiger partial charge in [-0.3, -0.25) is 9.59 Å². The van der Waals surface area contributed by atoms with Crippen LogP contribution >= 0.6 is 11.6 Å².